The number of ketones is 1. The van der Waals surface area contributed by atoms with Crippen molar-refractivity contribution in [3.05, 3.63) is 33.8 Å². The van der Waals surface area contributed by atoms with Crippen LogP contribution in [0.15, 0.2) is 17.1 Å². The average Bonchev–Trinajstić information content (AvgIpc) is 3.24. The van der Waals surface area contributed by atoms with Crippen LogP contribution in [0.25, 0.3) is 11.7 Å². The monoisotopic (exact) mass is 427 g/mol. The highest BCUT2D eigenvalue weighted by molar-refractivity contribution is 5.98. The number of carbonyl (C=O) groups is 3. The van der Waals surface area contributed by atoms with E-state index >= 15 is 0 Å². The number of likely N-dealkylation sites (tertiary alicyclic amines) is 1. The van der Waals surface area contributed by atoms with Crippen LogP contribution in [0.1, 0.15) is 49.0 Å². The summed E-state index contributed by atoms with van der Waals surface area (Å²) < 4.78 is 2.55. The van der Waals surface area contributed by atoms with Crippen LogP contribution < -0.4 is 10.9 Å². The molecule has 2 aromatic rings. The summed E-state index contributed by atoms with van der Waals surface area (Å²) in [5.41, 5.74) is -0.325. The first-order valence-electron chi connectivity index (χ1n) is 10.4. The topological polar surface area (TPSA) is 126 Å². The van der Waals surface area contributed by atoms with Gasteiger partial charge in [-0.15, -0.1) is 0 Å². The van der Waals surface area contributed by atoms with Crippen LogP contribution in [0.2, 0.25) is 0 Å². The predicted octanol–water partition coefficient (Wildman–Crippen LogP) is 0.564. The van der Waals surface area contributed by atoms with E-state index in [1.807, 2.05) is 13.8 Å². The summed E-state index contributed by atoms with van der Waals surface area (Å²) in [5, 5.41) is 17.7. The Hall–Kier alpha value is -3.43. The van der Waals surface area contributed by atoms with E-state index in [1.165, 1.54) is 27.8 Å². The molecule has 0 unspecified atom stereocenters. The number of aromatic hydroxyl groups is 1. The Morgan fingerprint density at radius 1 is 1.32 bits per heavy atom. The van der Waals surface area contributed by atoms with Gasteiger partial charge in [-0.2, -0.15) is 9.61 Å². The number of nitrogens with zero attached hydrogens (tertiary/aromatic N) is 4. The van der Waals surface area contributed by atoms with Crippen molar-refractivity contribution in [2.75, 3.05) is 13.1 Å². The van der Waals surface area contributed by atoms with Crippen LogP contribution >= 0.6 is 0 Å². The van der Waals surface area contributed by atoms with Crippen molar-refractivity contribution >= 4 is 29.3 Å². The van der Waals surface area contributed by atoms with Gasteiger partial charge in [-0.25, -0.2) is 0 Å². The second-order valence-electron chi connectivity index (χ2n) is 8.47. The summed E-state index contributed by atoms with van der Waals surface area (Å²) in [4.78, 5) is 50.8. The largest absolute Gasteiger partial charge is 0.494 e. The Labute approximate surface area is 178 Å². The minimum absolute atomic E-state index is 0.0189. The molecule has 1 saturated carbocycles. The van der Waals surface area contributed by atoms with E-state index in [-0.39, 0.29) is 35.8 Å². The third-order valence-corrected chi connectivity index (χ3v) is 5.34. The highest BCUT2D eigenvalue weighted by atomic mass is 16.3. The molecule has 2 amide bonds. The Morgan fingerprint density at radius 2 is 2.06 bits per heavy atom. The molecule has 0 radical (unpaired) electrons. The zero-order valence-corrected chi connectivity index (χ0v) is 17.5. The van der Waals surface area contributed by atoms with Crippen LogP contribution in [-0.4, -0.2) is 60.9 Å². The van der Waals surface area contributed by atoms with Crippen LogP contribution in [0.5, 0.6) is 5.88 Å². The number of amides is 2. The van der Waals surface area contributed by atoms with Crippen molar-refractivity contribution < 1.29 is 19.5 Å². The van der Waals surface area contributed by atoms with Gasteiger partial charge in [0.25, 0.3) is 11.5 Å². The van der Waals surface area contributed by atoms with E-state index in [0.29, 0.717) is 30.7 Å². The summed E-state index contributed by atoms with van der Waals surface area (Å²) in [7, 11) is 0. The first-order chi connectivity index (χ1) is 14.8. The fourth-order valence-corrected chi connectivity index (χ4v) is 3.64. The first-order valence-corrected chi connectivity index (χ1v) is 10.4. The number of hydrogen-bond donors (Lipinski definition) is 2. The van der Waals surface area contributed by atoms with Gasteiger partial charge in [-0.3, -0.25) is 23.7 Å². The predicted molar refractivity (Wildman–Crippen MR) is 112 cm³/mol. The molecular weight excluding hydrogens is 402 g/mol. The van der Waals surface area contributed by atoms with E-state index in [4.69, 9.17) is 0 Å². The summed E-state index contributed by atoms with van der Waals surface area (Å²) in [5.74, 6) is -1.24. The van der Waals surface area contributed by atoms with Gasteiger partial charge in [0.1, 0.15) is 5.65 Å². The summed E-state index contributed by atoms with van der Waals surface area (Å²) in [6.07, 6.45) is 6.29. The molecule has 2 aliphatic rings. The maximum atomic E-state index is 13.0. The SMILES string of the molecule is CC(C)Cn1c(O)c(C(=O)NC2CC2)c(=O)n2ncc(C=CC(=O)N3CCC(=O)C3)c12. The lowest BCUT2D eigenvalue weighted by Gasteiger charge is -2.17. The number of nitrogens with one attached hydrogen (secondary N) is 1. The van der Waals surface area contributed by atoms with Crippen molar-refractivity contribution in [1.29, 1.82) is 0 Å². The van der Waals surface area contributed by atoms with E-state index < -0.39 is 17.3 Å². The van der Waals surface area contributed by atoms with Gasteiger partial charge < -0.3 is 15.3 Å². The van der Waals surface area contributed by atoms with Crippen molar-refractivity contribution in [2.24, 2.45) is 5.92 Å². The van der Waals surface area contributed by atoms with E-state index in [1.54, 1.807) is 0 Å². The Bertz CT molecular complexity index is 1160. The molecular formula is C21H25N5O5. The van der Waals surface area contributed by atoms with Crippen molar-refractivity contribution in [2.45, 2.75) is 45.7 Å². The van der Waals surface area contributed by atoms with Gasteiger partial charge in [-0.05, 0) is 24.8 Å². The molecule has 3 heterocycles. The highest BCUT2D eigenvalue weighted by Gasteiger charge is 2.30. The number of carbonyl (C=O) groups excluding carboxylic acids is 3. The summed E-state index contributed by atoms with van der Waals surface area (Å²) in [6, 6.07) is 0.0279. The van der Waals surface area contributed by atoms with Gasteiger partial charge in [-0.1, -0.05) is 13.8 Å². The molecule has 10 nitrogen and oxygen atoms in total. The minimum Gasteiger partial charge on any atom is -0.494 e. The minimum atomic E-state index is -0.721. The van der Waals surface area contributed by atoms with Crippen LogP contribution in [0.3, 0.4) is 0 Å². The Kier molecular flexibility index (Phi) is 5.38. The standard InChI is InChI=1S/C21H25N5O5/c1-12(2)10-25-19-13(3-6-16(28)24-8-7-15(27)11-24)9-22-26(19)21(31)17(20(25)30)18(29)23-14-4-5-14/h3,6,9,12,14,30H,4-5,7-8,10-11H2,1-2H3,(H,23,29). The maximum Gasteiger partial charge on any atom is 0.291 e. The molecule has 0 atom stereocenters. The summed E-state index contributed by atoms with van der Waals surface area (Å²) >= 11 is 0. The van der Waals surface area contributed by atoms with Gasteiger partial charge in [0.05, 0.1) is 12.7 Å². The first kappa shape index (κ1) is 20.8. The lowest BCUT2D eigenvalue weighted by Crippen LogP contribution is -2.34. The smallest absolute Gasteiger partial charge is 0.291 e. The number of Topliss-reactive ketones (excluding diaryl/α,β-unsaturated/α-hetero) is 1. The quantitative estimate of drug-likeness (QED) is 0.649. The van der Waals surface area contributed by atoms with Gasteiger partial charge >= 0.3 is 0 Å². The Morgan fingerprint density at radius 3 is 2.68 bits per heavy atom. The molecule has 1 saturated heterocycles. The van der Waals surface area contributed by atoms with E-state index in [9.17, 15) is 24.3 Å². The molecule has 1 aliphatic carbocycles. The number of hydrogen-bond acceptors (Lipinski definition) is 6. The second kappa shape index (κ2) is 8.01. The zero-order valence-electron chi connectivity index (χ0n) is 17.5. The lowest BCUT2D eigenvalue weighted by molar-refractivity contribution is -0.127. The van der Waals surface area contributed by atoms with Crippen LogP contribution in [0.4, 0.5) is 0 Å². The normalized spacial score (nSPS) is 16.7. The molecule has 10 heteroatoms. The number of fused-ring (bicyclic) bond motifs is 1. The molecule has 2 aromatic heterocycles. The van der Waals surface area contributed by atoms with Crippen molar-refractivity contribution in [1.82, 2.24) is 24.4 Å². The molecule has 164 valence electrons. The van der Waals surface area contributed by atoms with Gasteiger partial charge in [0.2, 0.25) is 11.8 Å². The fraction of sp³-hybridized carbons (Fsp3) is 0.476. The van der Waals surface area contributed by atoms with Crippen molar-refractivity contribution in [3.63, 3.8) is 0 Å². The molecule has 4 rings (SSSR count). The number of rotatable bonds is 6. The molecule has 0 bridgehead atoms. The summed E-state index contributed by atoms with van der Waals surface area (Å²) in [6.45, 7) is 4.70. The zero-order chi connectivity index (χ0) is 22.3. The number of aromatic nitrogens is 3. The highest BCUT2D eigenvalue weighted by Crippen LogP contribution is 2.24. The van der Waals surface area contributed by atoms with E-state index in [2.05, 4.69) is 10.4 Å². The maximum absolute atomic E-state index is 13.0. The lowest BCUT2D eigenvalue weighted by atomic mass is 10.2. The van der Waals surface area contributed by atoms with Gasteiger partial charge in [0.15, 0.2) is 11.3 Å². The molecule has 0 spiro atoms. The van der Waals surface area contributed by atoms with Crippen LogP contribution in [0, 0.1) is 5.92 Å². The second-order valence-corrected chi connectivity index (χ2v) is 8.47. The third-order valence-electron chi connectivity index (χ3n) is 5.34. The fourth-order valence-electron chi connectivity index (χ4n) is 3.64. The van der Waals surface area contributed by atoms with E-state index in [0.717, 1.165) is 17.4 Å². The molecule has 2 N–H and O–H groups in total. The third kappa shape index (κ3) is 4.10. The van der Waals surface area contributed by atoms with Crippen molar-refractivity contribution in [3.8, 4) is 5.88 Å². The average molecular weight is 427 g/mol. The molecule has 31 heavy (non-hydrogen) atoms. The molecule has 2 fully saturated rings. The molecule has 0 aromatic carbocycles. The molecule has 1 aliphatic heterocycles. The Balaban J connectivity index is 1.76. The van der Waals surface area contributed by atoms with Crippen LogP contribution in [-0.2, 0) is 16.1 Å². The van der Waals surface area contributed by atoms with Gasteiger partial charge in [0, 0.05) is 37.2 Å².